The first-order valence-electron chi connectivity index (χ1n) is 8.92. The number of carboxylic acid groups (broad SMARTS) is 1. The first-order chi connectivity index (χ1) is 13.6. The highest BCUT2D eigenvalue weighted by Gasteiger charge is 2.13. The average molecular weight is 377 g/mol. The van der Waals surface area contributed by atoms with E-state index in [0.717, 1.165) is 27.9 Å². The fraction of sp³-hybridized carbons (Fsp3) is 0.190. The number of carboxylic acids is 1. The van der Waals surface area contributed by atoms with Gasteiger partial charge in [-0.3, -0.25) is 4.79 Å². The summed E-state index contributed by atoms with van der Waals surface area (Å²) in [7, 11) is 0. The van der Waals surface area contributed by atoms with E-state index in [0.29, 0.717) is 24.8 Å². The highest BCUT2D eigenvalue weighted by molar-refractivity contribution is 5.85. The van der Waals surface area contributed by atoms with Crippen LogP contribution in [0.15, 0.2) is 59.3 Å². The Morgan fingerprint density at radius 3 is 2.82 bits per heavy atom. The molecule has 0 aliphatic rings. The van der Waals surface area contributed by atoms with E-state index in [4.69, 9.17) is 14.3 Å². The Kier molecular flexibility index (Phi) is 4.80. The maximum Gasteiger partial charge on any atom is 0.323 e. The molecule has 0 amide bonds. The van der Waals surface area contributed by atoms with E-state index in [1.165, 1.54) is 0 Å². The molecule has 0 atom stereocenters. The zero-order valence-electron chi connectivity index (χ0n) is 15.3. The molecule has 0 aliphatic heterocycles. The quantitative estimate of drug-likeness (QED) is 0.528. The molecule has 4 rings (SSSR count). The van der Waals surface area contributed by atoms with Gasteiger partial charge >= 0.3 is 5.97 Å². The summed E-state index contributed by atoms with van der Waals surface area (Å²) in [5, 5.41) is 9.79. The molecule has 0 saturated heterocycles. The van der Waals surface area contributed by atoms with Gasteiger partial charge in [0.25, 0.3) is 0 Å². The minimum absolute atomic E-state index is 0.104. The zero-order chi connectivity index (χ0) is 19.5. The summed E-state index contributed by atoms with van der Waals surface area (Å²) in [6, 6.07) is 13.3. The van der Waals surface area contributed by atoms with E-state index in [2.05, 4.69) is 9.97 Å². The van der Waals surface area contributed by atoms with E-state index in [9.17, 15) is 4.79 Å². The number of pyridine rings is 1. The van der Waals surface area contributed by atoms with Crippen LogP contribution in [0.25, 0.3) is 22.4 Å². The SMILES string of the molecule is Cc1oc(-c2ccccc2)nc1CCOc1nccc2c1ccn2CC(=O)O. The molecule has 0 unspecified atom stereocenters. The summed E-state index contributed by atoms with van der Waals surface area (Å²) in [5.41, 5.74) is 2.55. The summed E-state index contributed by atoms with van der Waals surface area (Å²) in [6.45, 7) is 2.17. The molecule has 4 aromatic rings. The van der Waals surface area contributed by atoms with Crippen molar-refractivity contribution in [2.75, 3.05) is 6.61 Å². The van der Waals surface area contributed by atoms with Crippen LogP contribution < -0.4 is 4.74 Å². The van der Waals surface area contributed by atoms with Crippen molar-refractivity contribution in [1.82, 2.24) is 14.5 Å². The van der Waals surface area contributed by atoms with Gasteiger partial charge in [0, 0.05) is 24.4 Å². The summed E-state index contributed by atoms with van der Waals surface area (Å²) in [4.78, 5) is 19.8. The van der Waals surface area contributed by atoms with Crippen molar-refractivity contribution in [1.29, 1.82) is 0 Å². The molecule has 0 spiro atoms. The summed E-state index contributed by atoms with van der Waals surface area (Å²) in [6.07, 6.45) is 3.92. The number of carbonyl (C=O) groups is 1. The molecule has 0 radical (unpaired) electrons. The standard InChI is InChI=1S/C21H19N3O4/c1-14-17(23-20(28-14)15-5-3-2-4-6-15)9-12-27-21-16-8-11-24(13-19(25)26)18(16)7-10-22-21/h2-8,10-11H,9,12-13H2,1H3,(H,25,26). The van der Waals surface area contributed by atoms with Gasteiger partial charge in [-0.1, -0.05) is 18.2 Å². The second-order valence-electron chi connectivity index (χ2n) is 6.37. The number of benzene rings is 1. The van der Waals surface area contributed by atoms with Crippen LogP contribution in [0.4, 0.5) is 0 Å². The summed E-state index contributed by atoms with van der Waals surface area (Å²) >= 11 is 0. The Morgan fingerprint density at radius 1 is 1.21 bits per heavy atom. The van der Waals surface area contributed by atoms with Gasteiger partial charge < -0.3 is 18.8 Å². The van der Waals surface area contributed by atoms with Crippen molar-refractivity contribution < 1.29 is 19.1 Å². The minimum Gasteiger partial charge on any atom is -0.480 e. The van der Waals surface area contributed by atoms with Gasteiger partial charge in [-0.2, -0.15) is 0 Å². The summed E-state index contributed by atoms with van der Waals surface area (Å²) in [5.74, 6) is 0.943. The van der Waals surface area contributed by atoms with Crippen LogP contribution in [0.3, 0.4) is 0 Å². The first-order valence-corrected chi connectivity index (χ1v) is 8.92. The number of hydrogen-bond donors (Lipinski definition) is 1. The van der Waals surface area contributed by atoms with E-state index in [1.807, 2.05) is 43.3 Å². The van der Waals surface area contributed by atoms with Crippen LogP contribution in [0, 0.1) is 6.92 Å². The molecule has 1 aromatic carbocycles. The normalized spacial score (nSPS) is 11.0. The van der Waals surface area contributed by atoms with Gasteiger partial charge in [0.1, 0.15) is 12.3 Å². The second kappa shape index (κ2) is 7.56. The molecule has 3 heterocycles. The third-order valence-electron chi connectivity index (χ3n) is 4.46. The molecule has 3 aromatic heterocycles. The molecule has 0 saturated carbocycles. The zero-order valence-corrected chi connectivity index (χ0v) is 15.3. The van der Waals surface area contributed by atoms with Crippen molar-refractivity contribution in [3.8, 4) is 17.3 Å². The fourth-order valence-corrected chi connectivity index (χ4v) is 3.10. The average Bonchev–Trinajstić information content (AvgIpc) is 3.27. The van der Waals surface area contributed by atoms with Crippen molar-refractivity contribution >= 4 is 16.9 Å². The van der Waals surface area contributed by atoms with Crippen LogP contribution in [-0.4, -0.2) is 32.2 Å². The number of rotatable bonds is 7. The molecule has 1 N–H and O–H groups in total. The molecule has 7 heteroatoms. The second-order valence-corrected chi connectivity index (χ2v) is 6.37. The predicted molar refractivity (Wildman–Crippen MR) is 103 cm³/mol. The molecule has 7 nitrogen and oxygen atoms in total. The van der Waals surface area contributed by atoms with Crippen molar-refractivity contribution in [2.45, 2.75) is 19.9 Å². The number of aliphatic carboxylic acids is 1. The van der Waals surface area contributed by atoms with Gasteiger partial charge in [-0.25, -0.2) is 9.97 Å². The Morgan fingerprint density at radius 2 is 2.04 bits per heavy atom. The molecule has 28 heavy (non-hydrogen) atoms. The maximum atomic E-state index is 11.0. The Labute approximate surface area is 161 Å². The molecule has 0 fully saturated rings. The van der Waals surface area contributed by atoms with E-state index >= 15 is 0 Å². The lowest BCUT2D eigenvalue weighted by Crippen LogP contribution is -2.07. The molecule has 0 aliphatic carbocycles. The van der Waals surface area contributed by atoms with Crippen LogP contribution in [0.2, 0.25) is 0 Å². The van der Waals surface area contributed by atoms with E-state index < -0.39 is 5.97 Å². The van der Waals surface area contributed by atoms with Crippen LogP contribution in [0.1, 0.15) is 11.5 Å². The number of aryl methyl sites for hydroxylation is 1. The van der Waals surface area contributed by atoms with Gasteiger partial charge in [0.05, 0.1) is 23.2 Å². The van der Waals surface area contributed by atoms with Crippen LogP contribution >= 0.6 is 0 Å². The Bertz CT molecular complexity index is 1120. The first kappa shape index (κ1) is 17.8. The van der Waals surface area contributed by atoms with Crippen molar-refractivity contribution in [3.63, 3.8) is 0 Å². The smallest absolute Gasteiger partial charge is 0.323 e. The predicted octanol–water partition coefficient (Wildman–Crippen LogP) is 3.71. The van der Waals surface area contributed by atoms with Gasteiger partial charge in [0.15, 0.2) is 0 Å². The number of aromatic nitrogens is 3. The largest absolute Gasteiger partial charge is 0.480 e. The highest BCUT2D eigenvalue weighted by atomic mass is 16.5. The van der Waals surface area contributed by atoms with Gasteiger partial charge in [0.2, 0.25) is 11.8 Å². The lowest BCUT2D eigenvalue weighted by Gasteiger charge is -2.06. The lowest BCUT2D eigenvalue weighted by atomic mass is 10.2. The number of nitrogens with zero attached hydrogens (tertiary/aromatic N) is 3. The molecular formula is C21H19N3O4. The number of ether oxygens (including phenoxy) is 1. The van der Waals surface area contributed by atoms with E-state index in [-0.39, 0.29) is 6.54 Å². The minimum atomic E-state index is -0.896. The topological polar surface area (TPSA) is 90.4 Å². The van der Waals surface area contributed by atoms with Crippen molar-refractivity contribution in [2.24, 2.45) is 0 Å². The number of fused-ring (bicyclic) bond motifs is 1. The van der Waals surface area contributed by atoms with Gasteiger partial charge in [-0.05, 0) is 31.2 Å². The van der Waals surface area contributed by atoms with Crippen LogP contribution in [0.5, 0.6) is 5.88 Å². The number of hydrogen-bond acceptors (Lipinski definition) is 5. The number of oxazole rings is 1. The third-order valence-corrected chi connectivity index (χ3v) is 4.46. The fourth-order valence-electron chi connectivity index (χ4n) is 3.10. The molecular weight excluding hydrogens is 358 g/mol. The maximum absolute atomic E-state index is 11.0. The highest BCUT2D eigenvalue weighted by Crippen LogP contribution is 2.25. The molecule has 142 valence electrons. The van der Waals surface area contributed by atoms with Crippen molar-refractivity contribution in [3.05, 3.63) is 66.3 Å². The lowest BCUT2D eigenvalue weighted by molar-refractivity contribution is -0.137. The summed E-state index contributed by atoms with van der Waals surface area (Å²) < 4.78 is 13.3. The Balaban J connectivity index is 1.47. The van der Waals surface area contributed by atoms with Crippen LogP contribution in [-0.2, 0) is 17.8 Å². The molecule has 0 bridgehead atoms. The van der Waals surface area contributed by atoms with E-state index in [1.54, 1.807) is 23.0 Å². The Hall–Kier alpha value is -3.61. The van der Waals surface area contributed by atoms with Gasteiger partial charge in [-0.15, -0.1) is 0 Å². The third kappa shape index (κ3) is 3.59. The monoisotopic (exact) mass is 377 g/mol.